The lowest BCUT2D eigenvalue weighted by Gasteiger charge is -2.53. The van der Waals surface area contributed by atoms with Gasteiger partial charge in [-0.2, -0.15) is 5.26 Å². The summed E-state index contributed by atoms with van der Waals surface area (Å²) in [5.41, 5.74) is 6.45. The second-order valence-corrected chi connectivity index (χ2v) is 9.76. The van der Waals surface area contributed by atoms with Crippen molar-refractivity contribution in [2.45, 2.75) is 12.1 Å². The van der Waals surface area contributed by atoms with Crippen molar-refractivity contribution in [2.24, 2.45) is 17.6 Å². The van der Waals surface area contributed by atoms with E-state index in [1.807, 2.05) is 0 Å². The summed E-state index contributed by atoms with van der Waals surface area (Å²) in [5, 5.41) is 27.2. The topological polar surface area (TPSA) is 114 Å². The molecule has 10 heteroatoms. The molecule has 0 unspecified atom stereocenters. The minimum absolute atomic E-state index is 0.0190. The molecule has 38 heavy (non-hydrogen) atoms. The zero-order chi connectivity index (χ0) is 27.0. The number of hydrogen-bond donors (Lipinski definition) is 4. The minimum atomic E-state index is -1.54. The molecule has 0 saturated carbocycles. The SMILES string of the molecule is N#Cc1cc(CN)ccc1-c1ccc([C@@]2(O)[C@@H]3CNC[C@H]2CN(C(=O)Nc2cc(F)cc(F)c2)C3)c(F)c1. The first kappa shape index (κ1) is 25.7. The second kappa shape index (κ2) is 10.1. The maximum atomic E-state index is 15.6. The van der Waals surface area contributed by atoms with Gasteiger partial charge in [-0.1, -0.05) is 24.3 Å². The summed E-state index contributed by atoms with van der Waals surface area (Å²) in [6.45, 7) is 1.16. The van der Waals surface area contributed by atoms with Crippen molar-refractivity contribution >= 4 is 11.7 Å². The van der Waals surface area contributed by atoms with Gasteiger partial charge in [-0.25, -0.2) is 18.0 Å². The first-order valence-electron chi connectivity index (χ1n) is 12.2. The zero-order valence-corrected chi connectivity index (χ0v) is 20.3. The van der Waals surface area contributed by atoms with Gasteiger partial charge >= 0.3 is 6.03 Å². The van der Waals surface area contributed by atoms with Crippen LogP contribution >= 0.6 is 0 Å². The Kier molecular flexibility index (Phi) is 6.84. The highest BCUT2D eigenvalue weighted by Crippen LogP contribution is 2.45. The van der Waals surface area contributed by atoms with E-state index in [9.17, 15) is 23.9 Å². The number of hydrogen-bond acceptors (Lipinski definition) is 5. The van der Waals surface area contributed by atoms with Gasteiger partial charge in [0, 0.05) is 61.9 Å². The highest BCUT2D eigenvalue weighted by Gasteiger charge is 2.53. The summed E-state index contributed by atoms with van der Waals surface area (Å²) < 4.78 is 42.7. The average Bonchev–Trinajstić information content (AvgIpc) is 2.87. The van der Waals surface area contributed by atoms with E-state index >= 15 is 4.39 Å². The molecule has 2 amide bonds. The number of rotatable bonds is 4. The molecular formula is C28H26F3N5O2. The Hall–Kier alpha value is -3.91. The van der Waals surface area contributed by atoms with Crippen LogP contribution in [0.3, 0.4) is 0 Å². The van der Waals surface area contributed by atoms with Crippen LogP contribution in [0.4, 0.5) is 23.7 Å². The second-order valence-electron chi connectivity index (χ2n) is 9.76. The molecule has 2 bridgehead atoms. The van der Waals surface area contributed by atoms with Crippen molar-refractivity contribution < 1.29 is 23.1 Å². The Bertz CT molecular complexity index is 1410. The standard InChI is InChI=1S/C28H26F3N5O2/c29-21-7-22(30)9-23(8-21)35-27(37)36-14-19-12-34-13-20(15-36)28(19,38)25-4-2-17(6-26(25)31)24-3-1-16(10-32)5-18(24)11-33/h1-9,19-20,34,38H,10,12-15,32H2,(H,35,37)/t19-,20+,28-. The molecule has 2 aliphatic heterocycles. The van der Waals surface area contributed by atoms with Crippen LogP contribution < -0.4 is 16.4 Å². The number of amides is 2. The molecule has 2 saturated heterocycles. The monoisotopic (exact) mass is 521 g/mol. The fourth-order valence-corrected chi connectivity index (χ4v) is 5.59. The van der Waals surface area contributed by atoms with E-state index in [2.05, 4.69) is 16.7 Å². The van der Waals surface area contributed by atoms with Gasteiger partial charge in [0.1, 0.15) is 23.1 Å². The van der Waals surface area contributed by atoms with Crippen molar-refractivity contribution in [3.8, 4) is 17.2 Å². The maximum absolute atomic E-state index is 15.6. The predicted octanol–water partition coefficient (Wildman–Crippen LogP) is 3.67. The number of nitriles is 1. The number of aliphatic hydroxyl groups is 1. The predicted molar refractivity (Wildman–Crippen MR) is 135 cm³/mol. The molecule has 3 atom stereocenters. The van der Waals surface area contributed by atoms with E-state index in [4.69, 9.17) is 5.73 Å². The number of nitrogens with two attached hydrogens (primary N) is 1. The van der Waals surface area contributed by atoms with Crippen molar-refractivity contribution in [1.29, 1.82) is 5.26 Å². The normalized spacial score (nSPS) is 22.6. The third kappa shape index (κ3) is 4.60. The van der Waals surface area contributed by atoms with Crippen LogP contribution in [0, 0.1) is 40.6 Å². The maximum Gasteiger partial charge on any atom is 0.321 e. The van der Waals surface area contributed by atoms with Crippen LogP contribution in [0.25, 0.3) is 11.1 Å². The van der Waals surface area contributed by atoms with Crippen LogP contribution in [0.2, 0.25) is 0 Å². The van der Waals surface area contributed by atoms with Crippen LogP contribution in [0.1, 0.15) is 16.7 Å². The largest absolute Gasteiger partial charge is 0.384 e. The first-order valence-corrected chi connectivity index (χ1v) is 12.2. The Morgan fingerprint density at radius 1 is 1.08 bits per heavy atom. The summed E-state index contributed by atoms with van der Waals surface area (Å²) in [5.74, 6) is -3.31. The summed E-state index contributed by atoms with van der Waals surface area (Å²) in [6, 6.07) is 14.0. The number of carbonyl (C=O) groups is 1. The number of fused-ring (bicyclic) bond motifs is 2. The van der Waals surface area contributed by atoms with Gasteiger partial charge in [-0.3, -0.25) is 0 Å². The Morgan fingerprint density at radius 2 is 1.76 bits per heavy atom. The molecule has 2 heterocycles. The summed E-state index contributed by atoms with van der Waals surface area (Å²) in [4.78, 5) is 14.4. The lowest BCUT2D eigenvalue weighted by molar-refractivity contribution is -0.131. The Morgan fingerprint density at radius 3 is 2.37 bits per heavy atom. The number of nitrogens with one attached hydrogen (secondary N) is 2. The molecule has 0 radical (unpaired) electrons. The first-order chi connectivity index (χ1) is 18.2. The molecule has 2 fully saturated rings. The molecule has 5 rings (SSSR count). The molecule has 0 aliphatic carbocycles. The number of halogens is 3. The van der Waals surface area contributed by atoms with Gasteiger partial charge in [-0.15, -0.1) is 0 Å². The third-order valence-electron chi connectivity index (χ3n) is 7.46. The zero-order valence-electron chi connectivity index (χ0n) is 20.3. The highest BCUT2D eigenvalue weighted by atomic mass is 19.1. The van der Waals surface area contributed by atoms with E-state index in [1.54, 1.807) is 30.3 Å². The van der Waals surface area contributed by atoms with Gasteiger partial charge in [0.05, 0.1) is 11.6 Å². The third-order valence-corrected chi connectivity index (χ3v) is 7.46. The molecule has 7 nitrogen and oxygen atoms in total. The Balaban J connectivity index is 1.40. The van der Waals surface area contributed by atoms with Gasteiger partial charge in [0.25, 0.3) is 0 Å². The lowest BCUT2D eigenvalue weighted by atomic mass is 9.67. The smallest absolute Gasteiger partial charge is 0.321 e. The van der Waals surface area contributed by atoms with E-state index < -0.39 is 40.9 Å². The fourth-order valence-electron chi connectivity index (χ4n) is 5.59. The minimum Gasteiger partial charge on any atom is -0.384 e. The molecule has 0 aromatic heterocycles. The van der Waals surface area contributed by atoms with E-state index in [0.717, 1.165) is 17.7 Å². The number of likely N-dealkylation sites (tertiary alicyclic amines) is 1. The van der Waals surface area contributed by atoms with Crippen molar-refractivity contribution in [1.82, 2.24) is 10.2 Å². The fraction of sp³-hybridized carbons (Fsp3) is 0.286. The molecule has 2 aliphatic rings. The summed E-state index contributed by atoms with van der Waals surface area (Å²) >= 11 is 0. The van der Waals surface area contributed by atoms with Gasteiger partial charge in [-0.05, 0) is 41.0 Å². The summed E-state index contributed by atoms with van der Waals surface area (Å²) in [7, 11) is 0. The van der Waals surface area contributed by atoms with Crippen molar-refractivity contribution in [3.05, 3.63) is 88.7 Å². The molecule has 3 aromatic carbocycles. The van der Waals surface area contributed by atoms with Crippen LogP contribution in [0.15, 0.2) is 54.6 Å². The number of anilines is 1. The number of nitrogens with zero attached hydrogens (tertiary/aromatic N) is 2. The summed E-state index contributed by atoms with van der Waals surface area (Å²) in [6.07, 6.45) is 0. The van der Waals surface area contributed by atoms with Crippen molar-refractivity contribution in [3.63, 3.8) is 0 Å². The lowest BCUT2D eigenvalue weighted by Crippen LogP contribution is -2.66. The quantitative estimate of drug-likeness (QED) is 0.418. The van der Waals surface area contributed by atoms with E-state index in [0.29, 0.717) is 35.8 Å². The molecule has 0 spiro atoms. The number of piperidine rings is 2. The van der Waals surface area contributed by atoms with Crippen LogP contribution in [-0.2, 0) is 12.1 Å². The molecule has 196 valence electrons. The number of urea groups is 1. The van der Waals surface area contributed by atoms with Crippen LogP contribution in [0.5, 0.6) is 0 Å². The number of benzene rings is 3. The van der Waals surface area contributed by atoms with Gasteiger partial charge in [0.2, 0.25) is 0 Å². The highest BCUT2D eigenvalue weighted by molar-refractivity contribution is 5.89. The van der Waals surface area contributed by atoms with E-state index in [-0.39, 0.29) is 30.9 Å². The average molecular weight is 522 g/mol. The molecule has 3 aromatic rings. The van der Waals surface area contributed by atoms with Crippen molar-refractivity contribution in [2.75, 3.05) is 31.5 Å². The molecule has 5 N–H and O–H groups in total. The van der Waals surface area contributed by atoms with Gasteiger partial charge in [0.15, 0.2) is 0 Å². The van der Waals surface area contributed by atoms with Crippen LogP contribution in [-0.4, -0.2) is 42.2 Å². The molecular weight excluding hydrogens is 495 g/mol. The van der Waals surface area contributed by atoms with Gasteiger partial charge < -0.3 is 26.4 Å². The Labute approximate surface area is 217 Å². The number of carbonyl (C=O) groups excluding carboxylic acids is 1. The van der Waals surface area contributed by atoms with E-state index in [1.165, 1.54) is 11.0 Å².